The molecule has 0 aliphatic carbocycles. The van der Waals surface area contributed by atoms with E-state index in [0.717, 1.165) is 75.5 Å². The minimum absolute atomic E-state index is 0.0640. The van der Waals surface area contributed by atoms with Crippen LogP contribution < -0.4 is 0 Å². The van der Waals surface area contributed by atoms with Gasteiger partial charge in [0.1, 0.15) is 13.2 Å². The summed E-state index contributed by atoms with van der Waals surface area (Å²) in [5.41, 5.74) is 0. The lowest BCUT2D eigenvalue weighted by Gasteiger charge is -2.18. The second-order valence-corrected chi connectivity index (χ2v) is 21.7. The van der Waals surface area contributed by atoms with E-state index in [1.165, 1.54) is 205 Å². The van der Waals surface area contributed by atoms with Gasteiger partial charge in [-0.1, -0.05) is 286 Å². The van der Waals surface area contributed by atoms with Crippen molar-refractivity contribution in [2.24, 2.45) is 17.8 Å². The van der Waals surface area contributed by atoms with Crippen LogP contribution in [0.2, 0.25) is 0 Å². The second kappa shape index (κ2) is 50.3. The molecule has 1 atom stereocenters. The average Bonchev–Trinajstić information content (AvgIpc) is 3.26. The molecule has 0 spiro atoms. The van der Waals surface area contributed by atoms with Gasteiger partial charge in [0.2, 0.25) is 0 Å². The molecule has 0 aromatic carbocycles. The Kier molecular flexibility index (Phi) is 49.1. The standard InChI is InChI=1S/C59H114O6/c1-53(2)45-39-33-27-21-17-13-11-9-7-8-10-12-14-19-23-30-36-42-48-57(60)63-51-56(65-59(62)50-44-38-32-26-25-29-35-41-47-55(5)6)52-64-58(61)49-43-37-31-24-20-16-15-18-22-28-34-40-46-54(3)4/h53-56H,7-52H2,1-6H3/t56-/m0/s1. The molecule has 0 fully saturated rings. The number of ether oxygens (including phenoxy) is 3. The molecule has 0 N–H and O–H groups in total. The van der Waals surface area contributed by atoms with E-state index in [1.807, 2.05) is 0 Å². The Bertz CT molecular complexity index is 1010. The van der Waals surface area contributed by atoms with Crippen molar-refractivity contribution in [3.63, 3.8) is 0 Å². The Labute approximate surface area is 406 Å². The quantitative estimate of drug-likeness (QED) is 0.0344. The van der Waals surface area contributed by atoms with Crippen LogP contribution in [0.1, 0.15) is 324 Å². The molecule has 6 nitrogen and oxygen atoms in total. The fourth-order valence-electron chi connectivity index (χ4n) is 9.00. The van der Waals surface area contributed by atoms with E-state index in [0.29, 0.717) is 19.3 Å². The molecule has 0 radical (unpaired) electrons. The Morgan fingerprint density at radius 2 is 0.446 bits per heavy atom. The van der Waals surface area contributed by atoms with Gasteiger partial charge < -0.3 is 14.2 Å². The summed E-state index contributed by atoms with van der Waals surface area (Å²) < 4.78 is 16.9. The minimum Gasteiger partial charge on any atom is -0.462 e. The summed E-state index contributed by atoms with van der Waals surface area (Å²) >= 11 is 0. The van der Waals surface area contributed by atoms with E-state index < -0.39 is 6.10 Å². The average molecular weight is 920 g/mol. The molecule has 0 amide bonds. The van der Waals surface area contributed by atoms with Gasteiger partial charge in [-0.15, -0.1) is 0 Å². The number of carbonyl (C=O) groups is 3. The summed E-state index contributed by atoms with van der Waals surface area (Å²) in [6, 6.07) is 0. The van der Waals surface area contributed by atoms with Crippen molar-refractivity contribution in [3.05, 3.63) is 0 Å². The van der Waals surface area contributed by atoms with Crippen LogP contribution in [0.15, 0.2) is 0 Å². The predicted octanol–water partition coefficient (Wildman–Crippen LogP) is 19.1. The van der Waals surface area contributed by atoms with Crippen molar-refractivity contribution >= 4 is 17.9 Å². The number of carbonyl (C=O) groups excluding carboxylic acids is 3. The third-order valence-electron chi connectivity index (χ3n) is 13.4. The monoisotopic (exact) mass is 919 g/mol. The lowest BCUT2D eigenvalue weighted by Crippen LogP contribution is -2.30. The highest BCUT2D eigenvalue weighted by molar-refractivity contribution is 5.71. The zero-order chi connectivity index (χ0) is 47.7. The van der Waals surface area contributed by atoms with Crippen molar-refractivity contribution < 1.29 is 28.6 Å². The molecule has 0 bridgehead atoms. The Morgan fingerprint density at radius 1 is 0.262 bits per heavy atom. The van der Waals surface area contributed by atoms with Gasteiger partial charge >= 0.3 is 17.9 Å². The number of esters is 3. The van der Waals surface area contributed by atoms with Crippen LogP contribution in [-0.2, 0) is 28.6 Å². The van der Waals surface area contributed by atoms with E-state index in [9.17, 15) is 14.4 Å². The molecule has 0 saturated heterocycles. The fourth-order valence-corrected chi connectivity index (χ4v) is 9.00. The zero-order valence-electron chi connectivity index (χ0n) is 44.8. The van der Waals surface area contributed by atoms with Crippen LogP contribution in [0.5, 0.6) is 0 Å². The Hall–Kier alpha value is -1.59. The summed E-state index contributed by atoms with van der Waals surface area (Å²) in [6.45, 7) is 13.7. The summed E-state index contributed by atoms with van der Waals surface area (Å²) in [6.07, 6.45) is 52.5. The van der Waals surface area contributed by atoms with E-state index in [1.54, 1.807) is 0 Å². The highest BCUT2D eigenvalue weighted by Crippen LogP contribution is 2.18. The molecule has 0 unspecified atom stereocenters. The third kappa shape index (κ3) is 53.2. The number of unbranched alkanes of at least 4 members (excludes halogenated alkanes) is 35. The summed E-state index contributed by atoms with van der Waals surface area (Å²) in [4.78, 5) is 38.1. The normalized spacial score (nSPS) is 12.1. The SMILES string of the molecule is CC(C)CCCCCCCCCCCCCCCCCCCCC(=O)OC[C@@H](COC(=O)CCCCCCCCCCCCCCC(C)C)OC(=O)CCCCCCCCCCC(C)C. The Morgan fingerprint density at radius 3 is 0.662 bits per heavy atom. The number of hydrogen-bond acceptors (Lipinski definition) is 6. The molecule has 0 aliphatic rings. The van der Waals surface area contributed by atoms with Gasteiger partial charge in [0.15, 0.2) is 6.10 Å². The van der Waals surface area contributed by atoms with Gasteiger partial charge in [0.05, 0.1) is 0 Å². The summed E-state index contributed by atoms with van der Waals surface area (Å²) in [5.74, 6) is 1.64. The van der Waals surface area contributed by atoms with Crippen LogP contribution in [-0.4, -0.2) is 37.2 Å². The first kappa shape index (κ1) is 63.4. The molecular formula is C59H114O6. The van der Waals surface area contributed by atoms with E-state index in [-0.39, 0.29) is 31.1 Å². The molecule has 0 aliphatic heterocycles. The van der Waals surface area contributed by atoms with Gasteiger partial charge in [0, 0.05) is 19.3 Å². The topological polar surface area (TPSA) is 78.9 Å². The maximum absolute atomic E-state index is 12.8. The summed E-state index contributed by atoms with van der Waals surface area (Å²) in [5, 5.41) is 0. The summed E-state index contributed by atoms with van der Waals surface area (Å²) in [7, 11) is 0. The molecule has 386 valence electrons. The second-order valence-electron chi connectivity index (χ2n) is 21.7. The Balaban J connectivity index is 4.21. The van der Waals surface area contributed by atoms with E-state index >= 15 is 0 Å². The third-order valence-corrected chi connectivity index (χ3v) is 13.4. The van der Waals surface area contributed by atoms with Crippen molar-refractivity contribution in [2.75, 3.05) is 13.2 Å². The lowest BCUT2D eigenvalue weighted by atomic mass is 10.0. The van der Waals surface area contributed by atoms with Gasteiger partial charge in [-0.3, -0.25) is 14.4 Å². The van der Waals surface area contributed by atoms with Gasteiger partial charge in [0.25, 0.3) is 0 Å². The number of hydrogen-bond donors (Lipinski definition) is 0. The molecule has 0 heterocycles. The molecule has 65 heavy (non-hydrogen) atoms. The van der Waals surface area contributed by atoms with Crippen molar-refractivity contribution in [1.29, 1.82) is 0 Å². The van der Waals surface area contributed by atoms with Crippen LogP contribution in [0.4, 0.5) is 0 Å². The molecule has 0 aromatic heterocycles. The van der Waals surface area contributed by atoms with Crippen molar-refractivity contribution in [1.82, 2.24) is 0 Å². The maximum atomic E-state index is 12.8. The first-order valence-corrected chi connectivity index (χ1v) is 29.1. The van der Waals surface area contributed by atoms with Crippen LogP contribution in [0, 0.1) is 17.8 Å². The first-order valence-electron chi connectivity index (χ1n) is 29.1. The minimum atomic E-state index is -0.764. The highest BCUT2D eigenvalue weighted by atomic mass is 16.6. The molecule has 0 rings (SSSR count). The van der Waals surface area contributed by atoms with Gasteiger partial charge in [-0.2, -0.15) is 0 Å². The van der Waals surface area contributed by atoms with Gasteiger partial charge in [-0.05, 0) is 37.0 Å². The molecule has 6 heteroatoms. The van der Waals surface area contributed by atoms with E-state index in [4.69, 9.17) is 14.2 Å². The largest absolute Gasteiger partial charge is 0.462 e. The zero-order valence-corrected chi connectivity index (χ0v) is 44.8. The van der Waals surface area contributed by atoms with E-state index in [2.05, 4.69) is 41.5 Å². The first-order chi connectivity index (χ1) is 31.6. The lowest BCUT2D eigenvalue weighted by molar-refractivity contribution is -0.167. The highest BCUT2D eigenvalue weighted by Gasteiger charge is 2.19. The number of rotatable bonds is 52. The fraction of sp³-hybridized carbons (Fsp3) is 0.949. The van der Waals surface area contributed by atoms with Crippen molar-refractivity contribution in [3.8, 4) is 0 Å². The van der Waals surface area contributed by atoms with Crippen LogP contribution in [0.3, 0.4) is 0 Å². The van der Waals surface area contributed by atoms with Crippen LogP contribution >= 0.6 is 0 Å². The predicted molar refractivity (Wildman–Crippen MR) is 279 cm³/mol. The van der Waals surface area contributed by atoms with Gasteiger partial charge in [-0.25, -0.2) is 0 Å². The molecule has 0 saturated carbocycles. The smallest absolute Gasteiger partial charge is 0.306 e. The van der Waals surface area contributed by atoms with Crippen LogP contribution in [0.25, 0.3) is 0 Å². The molecule has 0 aromatic rings. The van der Waals surface area contributed by atoms with Crippen molar-refractivity contribution in [2.45, 2.75) is 330 Å². The maximum Gasteiger partial charge on any atom is 0.306 e. The molecular weight excluding hydrogens is 805 g/mol.